The van der Waals surface area contributed by atoms with Crippen molar-refractivity contribution in [3.63, 3.8) is 0 Å². The van der Waals surface area contributed by atoms with Gasteiger partial charge in [-0.1, -0.05) is 0 Å². The van der Waals surface area contributed by atoms with Gasteiger partial charge in [0.1, 0.15) is 35.7 Å². The van der Waals surface area contributed by atoms with Crippen molar-refractivity contribution in [2.75, 3.05) is 25.1 Å². The molecule has 11 heteroatoms. The zero-order valence-corrected chi connectivity index (χ0v) is 18.5. The summed E-state index contributed by atoms with van der Waals surface area (Å²) in [6.45, 7) is 1.94. The molecule has 4 heterocycles. The van der Waals surface area contributed by atoms with Crippen molar-refractivity contribution in [3.8, 4) is 0 Å². The fourth-order valence-electron chi connectivity index (χ4n) is 4.81. The molecule has 0 spiro atoms. The molecule has 3 aliphatic heterocycles. The molecule has 1 aromatic heterocycles. The number of aliphatic hydroxyl groups excluding tert-OH is 1. The quantitative estimate of drug-likeness (QED) is 0.704. The van der Waals surface area contributed by atoms with E-state index in [4.69, 9.17) is 4.74 Å². The number of ether oxygens (including phenoxy) is 1. The molecule has 1 amide bonds. The molecular weight excluding hydrogens is 451 g/mol. The van der Waals surface area contributed by atoms with Gasteiger partial charge in [0.05, 0.1) is 49.1 Å². The predicted octanol–water partition coefficient (Wildman–Crippen LogP) is 2.24. The highest BCUT2D eigenvalue weighted by molar-refractivity contribution is 6.47. The number of aromatic nitrogens is 2. The van der Waals surface area contributed by atoms with Gasteiger partial charge in [0.25, 0.3) is 5.91 Å². The summed E-state index contributed by atoms with van der Waals surface area (Å²) in [5.41, 5.74) is 0.958. The summed E-state index contributed by atoms with van der Waals surface area (Å²) in [5, 5.41) is 13.4. The van der Waals surface area contributed by atoms with E-state index < -0.39 is 35.9 Å². The van der Waals surface area contributed by atoms with Crippen LogP contribution in [0.3, 0.4) is 0 Å². The van der Waals surface area contributed by atoms with Crippen molar-refractivity contribution in [3.05, 3.63) is 52.5 Å². The van der Waals surface area contributed by atoms with Gasteiger partial charge < -0.3 is 20.1 Å². The summed E-state index contributed by atoms with van der Waals surface area (Å²) in [4.78, 5) is 27.6. The maximum atomic E-state index is 14.9. The monoisotopic (exact) mass is 475 g/mol. The molecule has 4 atom stereocenters. The number of aliphatic imine (C=N–C) groups is 1. The average molecular weight is 475 g/mol. The first kappa shape index (κ1) is 22.7. The molecule has 0 bridgehead atoms. The molecular formula is C23H24F3N5O3. The number of alkyl halides is 1. The number of nitrogens with zero attached hydrogens (tertiary/aromatic N) is 4. The highest BCUT2D eigenvalue weighted by Gasteiger charge is 2.42. The number of aryl methyl sites for hydroxylation is 1. The topological polar surface area (TPSA) is 99.9 Å². The molecule has 0 radical (unpaired) electrons. The number of likely N-dealkylation sites (tertiary alicyclic amines) is 1. The number of hydrogen-bond donors (Lipinski definition) is 2. The Labute approximate surface area is 193 Å². The summed E-state index contributed by atoms with van der Waals surface area (Å²) in [6, 6.07) is 0.758. The van der Waals surface area contributed by atoms with Gasteiger partial charge in [-0.25, -0.2) is 23.1 Å². The lowest BCUT2D eigenvalue weighted by atomic mass is 10.00. The summed E-state index contributed by atoms with van der Waals surface area (Å²) in [6.07, 6.45) is -0.407. The van der Waals surface area contributed by atoms with E-state index in [0.717, 1.165) is 12.1 Å². The van der Waals surface area contributed by atoms with Crippen LogP contribution in [0.1, 0.15) is 41.3 Å². The maximum Gasteiger partial charge on any atom is 0.273 e. The molecule has 2 N–H and O–H groups in total. The number of hydrogen-bond acceptors (Lipinski definition) is 7. The first-order valence-electron chi connectivity index (χ1n) is 11.1. The number of rotatable bonds is 4. The van der Waals surface area contributed by atoms with Gasteiger partial charge in [-0.3, -0.25) is 9.79 Å². The lowest BCUT2D eigenvalue weighted by Crippen LogP contribution is -2.43. The minimum Gasteiger partial charge on any atom is -0.389 e. The van der Waals surface area contributed by atoms with Crippen LogP contribution in [0.4, 0.5) is 19.0 Å². The molecule has 0 aliphatic carbocycles. The van der Waals surface area contributed by atoms with Gasteiger partial charge in [0.2, 0.25) is 0 Å². The molecule has 8 nitrogen and oxygen atoms in total. The molecule has 180 valence electrons. The second kappa shape index (κ2) is 8.95. The van der Waals surface area contributed by atoms with Crippen molar-refractivity contribution in [2.24, 2.45) is 4.99 Å². The standard InChI is InChI=1S/C23H24F3N5O3/c1-11-4-12(24)5-14(20(11)26)17-6-13(25)8-31(17)23(33)21-19-16(7-27-21)28-10-29-22(19)30-15-2-3-34-9-18(15)32/h4-5,10,13,15,17-18,32H,2-3,6-9H2,1H3,(H,28,29,30)/t13-,15+,17+,18+/m0/s1. The van der Waals surface area contributed by atoms with Crippen LogP contribution in [0.5, 0.6) is 0 Å². The number of aliphatic hydroxyl groups is 1. The van der Waals surface area contributed by atoms with Crippen LogP contribution < -0.4 is 5.32 Å². The predicted molar refractivity (Wildman–Crippen MR) is 116 cm³/mol. The molecule has 2 fully saturated rings. The number of fused-ring (bicyclic) bond motifs is 1. The summed E-state index contributed by atoms with van der Waals surface area (Å²) in [5.74, 6) is -1.58. The van der Waals surface area contributed by atoms with Gasteiger partial charge in [-0.05, 0) is 31.0 Å². The molecule has 3 aliphatic rings. The van der Waals surface area contributed by atoms with Crippen molar-refractivity contribution in [1.82, 2.24) is 14.9 Å². The van der Waals surface area contributed by atoms with Crippen LogP contribution in [0, 0.1) is 18.6 Å². The normalized spacial score (nSPS) is 26.4. The number of benzene rings is 1. The highest BCUT2D eigenvalue weighted by Crippen LogP contribution is 2.37. The number of halogens is 3. The van der Waals surface area contributed by atoms with Crippen molar-refractivity contribution in [2.45, 2.75) is 50.7 Å². The Hall–Kier alpha value is -3.05. The molecule has 2 aromatic rings. The van der Waals surface area contributed by atoms with Crippen LogP contribution in [0.25, 0.3) is 0 Å². The first-order valence-corrected chi connectivity index (χ1v) is 11.1. The number of carbonyl (C=O) groups excluding carboxylic acids is 1. The van der Waals surface area contributed by atoms with E-state index in [1.807, 2.05) is 0 Å². The Morgan fingerprint density at radius 1 is 1.29 bits per heavy atom. The van der Waals surface area contributed by atoms with Gasteiger partial charge in [0.15, 0.2) is 0 Å². The lowest BCUT2D eigenvalue weighted by Gasteiger charge is -2.30. The Bertz CT molecular complexity index is 1160. The van der Waals surface area contributed by atoms with Gasteiger partial charge in [0, 0.05) is 18.6 Å². The van der Waals surface area contributed by atoms with Crippen molar-refractivity contribution >= 4 is 17.4 Å². The smallest absolute Gasteiger partial charge is 0.273 e. The Kier molecular flexibility index (Phi) is 5.98. The SMILES string of the molecule is Cc1cc(F)cc([C@H]2C[C@H](F)CN2C(=O)C2=NCc3ncnc(N[C@@H]4CCOC[C@H]4O)c32)c1F. The Morgan fingerprint density at radius 3 is 2.91 bits per heavy atom. The third kappa shape index (κ3) is 4.03. The fraction of sp³-hybridized carbons (Fsp3) is 0.478. The number of carbonyl (C=O) groups is 1. The minimum absolute atomic E-state index is 0.0345. The molecule has 2 saturated heterocycles. The second-order valence-corrected chi connectivity index (χ2v) is 8.82. The number of nitrogens with one attached hydrogen (secondary N) is 1. The molecule has 0 unspecified atom stereocenters. The fourth-order valence-corrected chi connectivity index (χ4v) is 4.81. The summed E-state index contributed by atoms with van der Waals surface area (Å²) < 4.78 is 48.7. The lowest BCUT2D eigenvalue weighted by molar-refractivity contribution is -0.125. The number of amides is 1. The second-order valence-electron chi connectivity index (χ2n) is 8.82. The number of anilines is 1. The van der Waals surface area contributed by atoms with E-state index in [1.54, 1.807) is 0 Å². The van der Waals surface area contributed by atoms with Crippen LogP contribution in [-0.2, 0) is 16.1 Å². The van der Waals surface area contributed by atoms with Gasteiger partial charge in [-0.2, -0.15) is 0 Å². The van der Waals surface area contributed by atoms with E-state index in [-0.39, 0.29) is 49.0 Å². The Morgan fingerprint density at radius 2 is 2.12 bits per heavy atom. The van der Waals surface area contributed by atoms with Crippen LogP contribution >= 0.6 is 0 Å². The van der Waals surface area contributed by atoms with Gasteiger partial charge in [-0.15, -0.1) is 0 Å². The first-order chi connectivity index (χ1) is 16.3. The van der Waals surface area contributed by atoms with Crippen molar-refractivity contribution in [1.29, 1.82) is 0 Å². The molecule has 34 heavy (non-hydrogen) atoms. The molecule has 1 aromatic carbocycles. The van der Waals surface area contributed by atoms with Crippen molar-refractivity contribution < 1.29 is 27.8 Å². The van der Waals surface area contributed by atoms with E-state index in [1.165, 1.54) is 18.2 Å². The highest BCUT2D eigenvalue weighted by atomic mass is 19.1. The summed E-state index contributed by atoms with van der Waals surface area (Å²) >= 11 is 0. The van der Waals surface area contributed by atoms with E-state index in [0.29, 0.717) is 30.1 Å². The third-order valence-corrected chi connectivity index (χ3v) is 6.52. The minimum atomic E-state index is -1.39. The van der Waals surface area contributed by atoms with E-state index in [9.17, 15) is 23.1 Å². The average Bonchev–Trinajstić information content (AvgIpc) is 3.41. The largest absolute Gasteiger partial charge is 0.389 e. The zero-order chi connectivity index (χ0) is 24.0. The van der Waals surface area contributed by atoms with E-state index >= 15 is 0 Å². The van der Waals surface area contributed by atoms with Crippen LogP contribution in [0.15, 0.2) is 23.5 Å². The van der Waals surface area contributed by atoms with Crippen LogP contribution in [-0.4, -0.2) is 69.7 Å². The van der Waals surface area contributed by atoms with Crippen LogP contribution in [0.2, 0.25) is 0 Å². The Balaban J connectivity index is 1.46. The molecule has 0 saturated carbocycles. The van der Waals surface area contributed by atoms with E-state index in [2.05, 4.69) is 20.3 Å². The summed E-state index contributed by atoms with van der Waals surface area (Å²) in [7, 11) is 0. The third-order valence-electron chi connectivity index (χ3n) is 6.52. The zero-order valence-electron chi connectivity index (χ0n) is 18.5. The van der Waals surface area contributed by atoms with Gasteiger partial charge >= 0.3 is 0 Å². The maximum absolute atomic E-state index is 14.9. The molecule has 5 rings (SSSR count).